The summed E-state index contributed by atoms with van der Waals surface area (Å²) >= 11 is 0. The second-order valence-electron chi connectivity index (χ2n) is 6.77. The van der Waals surface area contributed by atoms with Crippen LogP contribution < -0.4 is 19.7 Å². The van der Waals surface area contributed by atoms with Gasteiger partial charge in [-0.05, 0) is 24.1 Å². The Labute approximate surface area is 136 Å². The Bertz CT molecular complexity index is 631. The van der Waals surface area contributed by atoms with E-state index in [1.807, 2.05) is 0 Å². The number of piperidine rings is 3. The van der Waals surface area contributed by atoms with Gasteiger partial charge in [0.2, 0.25) is 6.79 Å². The molecule has 1 amide bonds. The SMILES string of the molecule is C=C[C@H]1C[NH+]2CC[C@H]1C[C@@H]2CNC(=O)c1ccc2c(c1)OCO2. The summed E-state index contributed by atoms with van der Waals surface area (Å²) in [6, 6.07) is 5.87. The van der Waals surface area contributed by atoms with Crippen LogP contribution in [0.2, 0.25) is 0 Å². The summed E-state index contributed by atoms with van der Waals surface area (Å²) < 4.78 is 10.6. The molecular weight excluding hydrogens is 292 g/mol. The molecule has 23 heavy (non-hydrogen) atoms. The first-order chi connectivity index (χ1) is 11.2. The van der Waals surface area contributed by atoms with Crippen molar-refractivity contribution in [2.45, 2.75) is 18.9 Å². The third-order valence-electron chi connectivity index (χ3n) is 5.55. The van der Waals surface area contributed by atoms with Gasteiger partial charge >= 0.3 is 0 Å². The van der Waals surface area contributed by atoms with Crippen molar-refractivity contribution in [2.24, 2.45) is 11.8 Å². The Morgan fingerprint density at radius 1 is 1.39 bits per heavy atom. The predicted molar refractivity (Wildman–Crippen MR) is 85.8 cm³/mol. The van der Waals surface area contributed by atoms with Crippen molar-refractivity contribution >= 4 is 5.91 Å². The maximum atomic E-state index is 12.4. The Balaban J connectivity index is 1.36. The minimum absolute atomic E-state index is 0.0365. The number of ether oxygens (including phenoxy) is 2. The molecule has 1 aromatic carbocycles. The van der Waals surface area contributed by atoms with Crippen LogP contribution in [0.15, 0.2) is 30.9 Å². The lowest BCUT2D eigenvalue weighted by Gasteiger charge is -2.46. The minimum Gasteiger partial charge on any atom is -0.454 e. The molecule has 4 aliphatic heterocycles. The predicted octanol–water partition coefficient (Wildman–Crippen LogP) is 0.624. The molecule has 3 fully saturated rings. The van der Waals surface area contributed by atoms with E-state index in [1.54, 1.807) is 23.1 Å². The van der Waals surface area contributed by atoms with Crippen molar-refractivity contribution < 1.29 is 19.2 Å². The summed E-state index contributed by atoms with van der Waals surface area (Å²) in [4.78, 5) is 14.0. The van der Waals surface area contributed by atoms with Gasteiger partial charge in [0.1, 0.15) is 6.04 Å². The lowest BCUT2D eigenvalue weighted by atomic mass is 9.75. The van der Waals surface area contributed by atoms with Gasteiger partial charge in [0.05, 0.1) is 19.6 Å². The molecule has 4 heterocycles. The fraction of sp³-hybridized carbons (Fsp3) is 0.500. The fourth-order valence-electron chi connectivity index (χ4n) is 4.21. The monoisotopic (exact) mass is 315 g/mol. The summed E-state index contributed by atoms with van der Waals surface area (Å²) in [6.07, 6.45) is 4.59. The summed E-state index contributed by atoms with van der Waals surface area (Å²) in [5.74, 6) is 2.72. The van der Waals surface area contributed by atoms with Crippen molar-refractivity contribution in [1.29, 1.82) is 0 Å². The number of nitrogens with one attached hydrogen (secondary N) is 2. The molecule has 0 spiro atoms. The maximum Gasteiger partial charge on any atom is 0.251 e. The van der Waals surface area contributed by atoms with E-state index in [-0.39, 0.29) is 12.7 Å². The number of fused-ring (bicyclic) bond motifs is 4. The minimum atomic E-state index is -0.0365. The largest absolute Gasteiger partial charge is 0.454 e. The molecule has 5 rings (SSSR count). The number of quaternary nitrogens is 1. The smallest absolute Gasteiger partial charge is 0.251 e. The fourth-order valence-corrected chi connectivity index (χ4v) is 4.21. The Hall–Kier alpha value is -2.01. The summed E-state index contributed by atoms with van der Waals surface area (Å²) in [5.41, 5.74) is 0.629. The van der Waals surface area contributed by atoms with E-state index in [9.17, 15) is 4.79 Å². The average Bonchev–Trinajstić information content (AvgIpc) is 3.07. The lowest BCUT2D eigenvalue weighted by molar-refractivity contribution is -0.944. The molecule has 1 unspecified atom stereocenters. The van der Waals surface area contributed by atoms with Crippen molar-refractivity contribution in [3.05, 3.63) is 36.4 Å². The van der Waals surface area contributed by atoms with Gasteiger partial charge in [0.25, 0.3) is 5.91 Å². The normalized spacial score (nSPS) is 31.0. The number of carbonyl (C=O) groups is 1. The van der Waals surface area contributed by atoms with Crippen molar-refractivity contribution in [1.82, 2.24) is 5.32 Å². The number of hydrogen-bond donors (Lipinski definition) is 2. The second kappa shape index (κ2) is 5.89. The van der Waals surface area contributed by atoms with Crippen LogP contribution in [-0.2, 0) is 0 Å². The van der Waals surface area contributed by atoms with E-state index in [4.69, 9.17) is 9.47 Å². The number of benzene rings is 1. The van der Waals surface area contributed by atoms with Crippen LogP contribution in [0.5, 0.6) is 11.5 Å². The maximum absolute atomic E-state index is 12.4. The zero-order chi connectivity index (χ0) is 15.8. The van der Waals surface area contributed by atoms with Crippen LogP contribution in [0.25, 0.3) is 0 Å². The summed E-state index contributed by atoms with van der Waals surface area (Å²) in [5, 5.41) is 3.10. The molecule has 122 valence electrons. The highest BCUT2D eigenvalue weighted by Crippen LogP contribution is 2.32. The highest BCUT2D eigenvalue weighted by atomic mass is 16.7. The molecule has 2 bridgehead atoms. The third kappa shape index (κ3) is 2.70. The third-order valence-corrected chi connectivity index (χ3v) is 5.55. The van der Waals surface area contributed by atoms with Gasteiger partial charge < -0.3 is 19.7 Å². The van der Waals surface area contributed by atoms with Crippen LogP contribution >= 0.6 is 0 Å². The van der Waals surface area contributed by atoms with Crippen molar-refractivity contribution in [3.8, 4) is 11.5 Å². The molecule has 5 nitrogen and oxygen atoms in total. The van der Waals surface area contributed by atoms with Crippen LogP contribution in [0.3, 0.4) is 0 Å². The van der Waals surface area contributed by atoms with Crippen LogP contribution in [-0.4, -0.2) is 38.4 Å². The van der Waals surface area contributed by atoms with Gasteiger partial charge in [-0.15, -0.1) is 6.58 Å². The standard InChI is InChI=1S/C18H22N2O3/c1-2-12-10-20-6-5-13(12)7-15(20)9-19-18(21)14-3-4-16-17(8-14)23-11-22-16/h2-4,8,12-13,15H,1,5-7,9-11H2,(H,19,21)/p+1/t12-,13-,15+/m0/s1. The zero-order valence-electron chi connectivity index (χ0n) is 13.2. The van der Waals surface area contributed by atoms with E-state index in [0.717, 1.165) is 12.5 Å². The van der Waals surface area contributed by atoms with Gasteiger partial charge in [-0.3, -0.25) is 4.79 Å². The molecule has 1 aromatic rings. The lowest BCUT2D eigenvalue weighted by Crippen LogP contribution is -3.20. The number of rotatable bonds is 4. The second-order valence-corrected chi connectivity index (χ2v) is 6.77. The molecule has 4 aliphatic rings. The Morgan fingerprint density at radius 3 is 3.04 bits per heavy atom. The number of hydrogen-bond acceptors (Lipinski definition) is 3. The van der Waals surface area contributed by atoms with E-state index in [2.05, 4.69) is 18.0 Å². The van der Waals surface area contributed by atoms with Gasteiger partial charge in [-0.1, -0.05) is 6.08 Å². The van der Waals surface area contributed by atoms with E-state index in [1.165, 1.54) is 25.9 Å². The molecule has 3 saturated heterocycles. The molecule has 0 aliphatic carbocycles. The van der Waals surface area contributed by atoms with Gasteiger partial charge in [0, 0.05) is 24.3 Å². The van der Waals surface area contributed by atoms with Crippen molar-refractivity contribution in [2.75, 3.05) is 26.4 Å². The molecule has 2 N–H and O–H groups in total. The van der Waals surface area contributed by atoms with Gasteiger partial charge in [-0.25, -0.2) is 0 Å². The first-order valence-electron chi connectivity index (χ1n) is 8.39. The van der Waals surface area contributed by atoms with E-state index in [0.29, 0.717) is 29.0 Å². The van der Waals surface area contributed by atoms with Gasteiger partial charge in [0.15, 0.2) is 11.5 Å². The molecule has 0 aromatic heterocycles. The van der Waals surface area contributed by atoms with Crippen LogP contribution in [0.1, 0.15) is 23.2 Å². The van der Waals surface area contributed by atoms with E-state index < -0.39 is 0 Å². The summed E-state index contributed by atoms with van der Waals surface area (Å²) in [6.45, 7) is 7.32. The summed E-state index contributed by atoms with van der Waals surface area (Å²) in [7, 11) is 0. The number of carbonyl (C=O) groups excluding carboxylic acids is 1. The topological polar surface area (TPSA) is 52.0 Å². The van der Waals surface area contributed by atoms with E-state index >= 15 is 0 Å². The average molecular weight is 315 g/mol. The molecule has 5 heteroatoms. The molecule has 0 radical (unpaired) electrons. The highest BCUT2D eigenvalue weighted by Gasteiger charge is 2.42. The zero-order valence-corrected chi connectivity index (χ0v) is 13.2. The number of amides is 1. The Morgan fingerprint density at radius 2 is 2.26 bits per heavy atom. The highest BCUT2D eigenvalue weighted by molar-refractivity contribution is 5.94. The molecule has 4 atom stereocenters. The first kappa shape index (κ1) is 14.6. The quantitative estimate of drug-likeness (QED) is 0.801. The Kier molecular flexibility index (Phi) is 3.73. The molecule has 0 saturated carbocycles. The first-order valence-corrected chi connectivity index (χ1v) is 8.39. The van der Waals surface area contributed by atoms with Gasteiger partial charge in [-0.2, -0.15) is 0 Å². The van der Waals surface area contributed by atoms with Crippen molar-refractivity contribution in [3.63, 3.8) is 0 Å². The van der Waals surface area contributed by atoms with Crippen LogP contribution in [0.4, 0.5) is 0 Å². The van der Waals surface area contributed by atoms with Crippen LogP contribution in [0, 0.1) is 11.8 Å². The molecular formula is C18H23N2O3+.